The van der Waals surface area contributed by atoms with Crippen LogP contribution >= 0.6 is 0 Å². The highest BCUT2D eigenvalue weighted by atomic mass is 19.4. The first-order chi connectivity index (χ1) is 6.93. The molecule has 0 atom stereocenters. The second-order valence-corrected chi connectivity index (χ2v) is 2.76. The van der Waals surface area contributed by atoms with Crippen molar-refractivity contribution in [2.24, 2.45) is 0 Å². The molecule has 15 heavy (non-hydrogen) atoms. The predicted molar refractivity (Wildman–Crippen MR) is 43.9 cm³/mol. The van der Waals surface area contributed by atoms with Crippen molar-refractivity contribution in [3.63, 3.8) is 0 Å². The Morgan fingerprint density at radius 2 is 2.27 bits per heavy atom. The van der Waals surface area contributed by atoms with Crippen LogP contribution < -0.4 is 0 Å². The zero-order valence-corrected chi connectivity index (χ0v) is 7.89. The maximum atomic E-state index is 12.1. The lowest BCUT2D eigenvalue weighted by molar-refractivity contribution is -0.143. The number of nitrogens with zero attached hydrogens (tertiary/aromatic N) is 1. The molecule has 0 spiro atoms. The van der Waals surface area contributed by atoms with Gasteiger partial charge in [0.15, 0.2) is 5.69 Å². The van der Waals surface area contributed by atoms with E-state index in [9.17, 15) is 18.0 Å². The van der Waals surface area contributed by atoms with Crippen molar-refractivity contribution in [3.05, 3.63) is 17.5 Å². The lowest BCUT2D eigenvalue weighted by Crippen LogP contribution is -2.07. The fourth-order valence-corrected chi connectivity index (χ4v) is 0.965. The quantitative estimate of drug-likeness (QED) is 0.789. The van der Waals surface area contributed by atoms with Gasteiger partial charge in [0.05, 0.1) is 13.0 Å². The number of H-pyrrole nitrogens is 1. The number of aromatic amines is 1. The highest BCUT2D eigenvalue weighted by Crippen LogP contribution is 2.27. The fraction of sp³-hybridized carbons (Fsp3) is 0.500. The fourth-order valence-electron chi connectivity index (χ4n) is 0.965. The van der Waals surface area contributed by atoms with Gasteiger partial charge in [-0.15, -0.1) is 0 Å². The summed E-state index contributed by atoms with van der Waals surface area (Å²) < 4.78 is 40.8. The monoisotopic (exact) mass is 222 g/mol. The number of hydrogen-bond acceptors (Lipinski definition) is 3. The van der Waals surface area contributed by atoms with Crippen LogP contribution in [0.4, 0.5) is 13.2 Å². The molecule has 0 aliphatic heterocycles. The van der Waals surface area contributed by atoms with E-state index in [0.29, 0.717) is 0 Å². The molecule has 0 aliphatic rings. The van der Waals surface area contributed by atoms with Crippen LogP contribution in [-0.2, 0) is 22.1 Å². The van der Waals surface area contributed by atoms with E-state index >= 15 is 0 Å². The smallest absolute Gasteiger partial charge is 0.435 e. The first kappa shape index (κ1) is 11.5. The zero-order chi connectivity index (χ0) is 11.5. The number of aromatic nitrogens is 2. The van der Waals surface area contributed by atoms with Gasteiger partial charge >= 0.3 is 12.1 Å². The summed E-state index contributed by atoms with van der Waals surface area (Å²) >= 11 is 0. The third-order valence-corrected chi connectivity index (χ3v) is 1.56. The second-order valence-electron chi connectivity index (χ2n) is 2.76. The Morgan fingerprint density at radius 1 is 1.60 bits per heavy atom. The average molecular weight is 222 g/mol. The summed E-state index contributed by atoms with van der Waals surface area (Å²) in [5.41, 5.74) is -0.956. The van der Waals surface area contributed by atoms with Gasteiger partial charge in [-0.1, -0.05) is 0 Å². The van der Waals surface area contributed by atoms with Crippen LogP contribution in [0.2, 0.25) is 0 Å². The van der Waals surface area contributed by atoms with Gasteiger partial charge in [-0.2, -0.15) is 18.3 Å². The van der Waals surface area contributed by atoms with Crippen molar-refractivity contribution >= 4 is 5.97 Å². The SMILES string of the molecule is CCOC(=O)Cc1cc(C(F)(F)F)n[nH]1. The minimum atomic E-state index is -4.50. The molecule has 1 rings (SSSR count). The number of rotatable bonds is 3. The van der Waals surface area contributed by atoms with E-state index in [4.69, 9.17) is 0 Å². The number of halogens is 3. The van der Waals surface area contributed by atoms with Crippen LogP contribution in [0.15, 0.2) is 6.07 Å². The van der Waals surface area contributed by atoms with E-state index in [2.05, 4.69) is 14.9 Å². The van der Waals surface area contributed by atoms with E-state index in [0.717, 1.165) is 6.07 Å². The van der Waals surface area contributed by atoms with Gasteiger partial charge in [0.2, 0.25) is 0 Å². The maximum Gasteiger partial charge on any atom is 0.435 e. The lowest BCUT2D eigenvalue weighted by Gasteiger charge is -1.99. The van der Waals surface area contributed by atoms with Gasteiger partial charge in [0, 0.05) is 5.69 Å². The number of carbonyl (C=O) groups is 1. The first-order valence-corrected chi connectivity index (χ1v) is 4.20. The normalized spacial score (nSPS) is 11.5. The van der Waals surface area contributed by atoms with Crippen LogP contribution in [0.1, 0.15) is 18.3 Å². The Labute approximate surface area is 83.4 Å². The molecule has 0 saturated carbocycles. The molecule has 0 aliphatic carbocycles. The maximum absolute atomic E-state index is 12.1. The van der Waals surface area contributed by atoms with E-state index in [1.165, 1.54) is 0 Å². The van der Waals surface area contributed by atoms with Crippen LogP contribution in [0.25, 0.3) is 0 Å². The highest BCUT2D eigenvalue weighted by molar-refractivity contribution is 5.71. The third kappa shape index (κ3) is 3.26. The average Bonchev–Trinajstić information content (AvgIpc) is 2.52. The van der Waals surface area contributed by atoms with Crippen molar-refractivity contribution in [3.8, 4) is 0 Å². The molecule has 0 saturated heterocycles. The topological polar surface area (TPSA) is 55.0 Å². The lowest BCUT2D eigenvalue weighted by atomic mass is 10.3. The summed E-state index contributed by atoms with van der Waals surface area (Å²) in [4.78, 5) is 10.9. The van der Waals surface area contributed by atoms with Gasteiger partial charge in [0.1, 0.15) is 0 Å². The molecule has 0 bridgehead atoms. The van der Waals surface area contributed by atoms with Gasteiger partial charge in [-0.3, -0.25) is 9.89 Å². The molecule has 1 heterocycles. The number of alkyl halides is 3. The number of esters is 1. The first-order valence-electron chi connectivity index (χ1n) is 4.20. The molecule has 1 N–H and O–H groups in total. The Balaban J connectivity index is 2.65. The largest absolute Gasteiger partial charge is 0.466 e. The molecule has 4 nitrogen and oxygen atoms in total. The van der Waals surface area contributed by atoms with E-state index in [-0.39, 0.29) is 18.7 Å². The highest BCUT2D eigenvalue weighted by Gasteiger charge is 2.33. The van der Waals surface area contributed by atoms with E-state index in [1.54, 1.807) is 6.92 Å². The van der Waals surface area contributed by atoms with Gasteiger partial charge < -0.3 is 4.74 Å². The molecule has 84 valence electrons. The number of nitrogens with one attached hydrogen (secondary N) is 1. The van der Waals surface area contributed by atoms with Crippen molar-refractivity contribution in [1.82, 2.24) is 10.2 Å². The van der Waals surface area contributed by atoms with Gasteiger partial charge in [-0.05, 0) is 13.0 Å². The zero-order valence-electron chi connectivity index (χ0n) is 7.89. The van der Waals surface area contributed by atoms with Gasteiger partial charge in [-0.25, -0.2) is 0 Å². The van der Waals surface area contributed by atoms with Crippen LogP contribution in [0.3, 0.4) is 0 Å². The summed E-state index contributed by atoms with van der Waals surface area (Å²) in [6.07, 6.45) is -4.74. The van der Waals surface area contributed by atoms with Crippen LogP contribution in [0.5, 0.6) is 0 Å². The molecule has 1 aromatic heterocycles. The molecule has 0 fully saturated rings. The Bertz CT molecular complexity index is 346. The van der Waals surface area contributed by atoms with Crippen molar-refractivity contribution < 1.29 is 22.7 Å². The van der Waals surface area contributed by atoms with E-state index < -0.39 is 17.8 Å². The van der Waals surface area contributed by atoms with Crippen molar-refractivity contribution in [2.45, 2.75) is 19.5 Å². The third-order valence-electron chi connectivity index (χ3n) is 1.56. The predicted octanol–water partition coefficient (Wildman–Crippen LogP) is 1.53. The Morgan fingerprint density at radius 3 is 2.73 bits per heavy atom. The molecule has 0 aromatic carbocycles. The van der Waals surface area contributed by atoms with Crippen LogP contribution in [-0.4, -0.2) is 22.8 Å². The van der Waals surface area contributed by atoms with Crippen LogP contribution in [0, 0.1) is 0 Å². The summed E-state index contributed by atoms with van der Waals surface area (Å²) in [6, 6.07) is 0.789. The summed E-state index contributed by atoms with van der Waals surface area (Å²) in [5, 5.41) is 5.17. The second kappa shape index (κ2) is 4.33. The Hall–Kier alpha value is -1.53. The minimum absolute atomic E-state index is 0.0841. The van der Waals surface area contributed by atoms with Gasteiger partial charge in [0.25, 0.3) is 0 Å². The molecule has 0 unspecified atom stereocenters. The number of ether oxygens (including phenoxy) is 1. The van der Waals surface area contributed by atoms with E-state index in [1.807, 2.05) is 0 Å². The summed E-state index contributed by atoms with van der Waals surface area (Å²) in [7, 11) is 0. The molecular formula is C8H9F3N2O2. The summed E-state index contributed by atoms with van der Waals surface area (Å²) in [6.45, 7) is 1.81. The molecule has 7 heteroatoms. The molecule has 0 radical (unpaired) electrons. The standard InChI is InChI=1S/C8H9F3N2O2/c1-2-15-7(14)4-5-3-6(13-12-5)8(9,10)11/h3H,2,4H2,1H3,(H,12,13). The number of carbonyl (C=O) groups excluding carboxylic acids is 1. The van der Waals surface area contributed by atoms with Crippen molar-refractivity contribution in [2.75, 3.05) is 6.61 Å². The minimum Gasteiger partial charge on any atom is -0.466 e. The van der Waals surface area contributed by atoms with Crippen molar-refractivity contribution in [1.29, 1.82) is 0 Å². The molecule has 0 amide bonds. The molecule has 1 aromatic rings. The Kier molecular flexibility index (Phi) is 3.33. The molecular weight excluding hydrogens is 213 g/mol. The number of hydrogen-bond donors (Lipinski definition) is 1. The summed E-state index contributed by atoms with van der Waals surface area (Å²) in [5.74, 6) is -0.588.